The van der Waals surface area contributed by atoms with Gasteiger partial charge in [0.2, 0.25) is 0 Å². The molecule has 164 valence electrons. The number of nitrogens with zero attached hydrogens (tertiary/aromatic N) is 1. The van der Waals surface area contributed by atoms with Crippen molar-refractivity contribution in [1.82, 2.24) is 0 Å². The fourth-order valence-electron chi connectivity index (χ4n) is 3.76. The van der Waals surface area contributed by atoms with Gasteiger partial charge in [0.05, 0.1) is 43.3 Å². The van der Waals surface area contributed by atoms with Crippen LogP contribution in [-0.2, 0) is 0 Å². The van der Waals surface area contributed by atoms with Gasteiger partial charge in [0.25, 0.3) is 0 Å². The van der Waals surface area contributed by atoms with Crippen molar-refractivity contribution in [3.05, 3.63) is 51.6 Å². The molecule has 1 aromatic heterocycles. The highest BCUT2D eigenvalue weighted by atomic mass is 127. The molecule has 0 bridgehead atoms. The molecule has 0 aliphatic carbocycles. The predicted molar refractivity (Wildman–Crippen MR) is 120 cm³/mol. The largest absolute Gasteiger partial charge is 1.00 e. The molecule has 0 radical (unpaired) electrons. The van der Waals surface area contributed by atoms with Gasteiger partial charge < -0.3 is 43.4 Å². The van der Waals surface area contributed by atoms with Crippen molar-refractivity contribution >= 4 is 43.1 Å². The second-order valence-electron chi connectivity index (χ2n) is 7.16. The number of fused-ring (bicyclic) bond motifs is 2. The van der Waals surface area contributed by atoms with E-state index < -0.39 is 0 Å². The minimum absolute atomic E-state index is 0. The van der Waals surface area contributed by atoms with Crippen molar-refractivity contribution in [2.75, 3.05) is 46.0 Å². The van der Waals surface area contributed by atoms with E-state index >= 15 is 0 Å². The van der Waals surface area contributed by atoms with Gasteiger partial charge in [-0.3, -0.25) is 4.79 Å². The highest BCUT2D eigenvalue weighted by Gasteiger charge is 2.23. The molecule has 0 atom stereocenters. The molecule has 2 N–H and O–H groups in total. The molecule has 30 heavy (non-hydrogen) atoms. The number of halogens is 2. The Kier molecular flexibility index (Phi) is 9.77. The van der Waals surface area contributed by atoms with E-state index in [0.29, 0.717) is 45.7 Å². The van der Waals surface area contributed by atoms with Crippen LogP contribution in [0.4, 0.5) is 0 Å². The zero-order chi connectivity index (χ0) is 20.9. The summed E-state index contributed by atoms with van der Waals surface area (Å²) in [6.45, 7) is 5.55. The molecule has 0 fully saturated rings. The average molecular weight is 564 g/mol. The Bertz CT molecular complexity index is 1040. The maximum Gasteiger partial charge on any atom is 0.197 e. The molecule has 2 aromatic carbocycles. The molecule has 0 aliphatic heterocycles. The van der Waals surface area contributed by atoms with Crippen LogP contribution in [0.25, 0.3) is 20.2 Å². The monoisotopic (exact) mass is 563 g/mol. The van der Waals surface area contributed by atoms with Crippen LogP contribution in [0.2, 0.25) is 5.02 Å². The minimum Gasteiger partial charge on any atom is -1.00 e. The van der Waals surface area contributed by atoms with Crippen LogP contribution < -0.4 is 34.1 Å². The molecule has 0 saturated carbocycles. The molecular weight excluding hydrogens is 537 g/mol. The number of hydrogen-bond donors (Lipinski definition) is 2. The van der Waals surface area contributed by atoms with Crippen molar-refractivity contribution < 1.29 is 43.4 Å². The Morgan fingerprint density at radius 2 is 1.73 bits per heavy atom. The summed E-state index contributed by atoms with van der Waals surface area (Å²) in [6, 6.07) is 11.2. The van der Waals surface area contributed by atoms with Crippen LogP contribution in [0.15, 0.2) is 41.2 Å². The lowest BCUT2D eigenvalue weighted by atomic mass is 10.2. The van der Waals surface area contributed by atoms with Gasteiger partial charge in [-0.2, -0.15) is 0 Å². The first-order chi connectivity index (χ1) is 14.0. The highest BCUT2D eigenvalue weighted by molar-refractivity contribution is 7.24. The van der Waals surface area contributed by atoms with Gasteiger partial charge in [0.15, 0.2) is 5.43 Å². The summed E-state index contributed by atoms with van der Waals surface area (Å²) >= 11 is 8.10. The van der Waals surface area contributed by atoms with E-state index in [-0.39, 0.29) is 42.6 Å². The van der Waals surface area contributed by atoms with Crippen LogP contribution in [0, 0.1) is 0 Å². The zero-order valence-electron chi connectivity index (χ0n) is 16.9. The second-order valence-corrected chi connectivity index (χ2v) is 8.62. The number of ether oxygens (including phenoxy) is 1. The number of benzene rings is 2. The van der Waals surface area contributed by atoms with Crippen molar-refractivity contribution in [2.45, 2.75) is 13.3 Å². The lowest BCUT2D eigenvalue weighted by Gasteiger charge is -2.36. The Morgan fingerprint density at radius 3 is 2.40 bits per heavy atom. The Balaban J connectivity index is 0.00000320. The van der Waals surface area contributed by atoms with Gasteiger partial charge >= 0.3 is 0 Å². The van der Waals surface area contributed by atoms with Gasteiger partial charge in [0.1, 0.15) is 18.8 Å². The third-order valence-corrected chi connectivity index (χ3v) is 7.01. The van der Waals surface area contributed by atoms with Crippen LogP contribution in [0.3, 0.4) is 0 Å². The molecular formula is C22H27ClINO4S. The first-order valence-corrected chi connectivity index (χ1v) is 11.1. The first-order valence-electron chi connectivity index (χ1n) is 9.89. The van der Waals surface area contributed by atoms with E-state index in [0.717, 1.165) is 28.9 Å². The third kappa shape index (κ3) is 5.44. The quantitative estimate of drug-likeness (QED) is 0.165. The lowest BCUT2D eigenvalue weighted by Crippen LogP contribution is -3.00. The Morgan fingerprint density at radius 1 is 1.03 bits per heavy atom. The number of hydrogen-bond acceptors (Lipinski definition) is 5. The van der Waals surface area contributed by atoms with Crippen molar-refractivity contribution in [3.63, 3.8) is 0 Å². The molecule has 3 aromatic rings. The highest BCUT2D eigenvalue weighted by Crippen LogP contribution is 2.35. The van der Waals surface area contributed by atoms with Crippen molar-refractivity contribution in [3.8, 4) is 5.75 Å². The van der Waals surface area contributed by atoms with Crippen molar-refractivity contribution in [2.24, 2.45) is 0 Å². The molecule has 0 amide bonds. The van der Waals surface area contributed by atoms with Gasteiger partial charge in [-0.25, -0.2) is 0 Å². The van der Waals surface area contributed by atoms with Crippen LogP contribution in [0.1, 0.15) is 13.3 Å². The van der Waals surface area contributed by atoms with E-state index in [1.807, 2.05) is 36.4 Å². The lowest BCUT2D eigenvalue weighted by molar-refractivity contribution is -0.927. The number of aliphatic hydroxyl groups excluding tert-OH is 2. The summed E-state index contributed by atoms with van der Waals surface area (Å²) in [7, 11) is 0. The normalized spacial score (nSPS) is 11.6. The van der Waals surface area contributed by atoms with Crippen LogP contribution in [-0.4, -0.2) is 60.7 Å². The molecule has 1 heterocycles. The average Bonchev–Trinajstić information content (AvgIpc) is 2.73. The van der Waals surface area contributed by atoms with Gasteiger partial charge in [0, 0.05) is 21.2 Å². The second kappa shape index (κ2) is 11.6. The zero-order valence-corrected chi connectivity index (χ0v) is 20.7. The summed E-state index contributed by atoms with van der Waals surface area (Å²) in [5, 5.41) is 20.2. The maximum atomic E-state index is 12.9. The van der Waals surface area contributed by atoms with E-state index in [4.69, 9.17) is 16.3 Å². The first kappa shape index (κ1) is 25.3. The summed E-state index contributed by atoms with van der Waals surface area (Å²) in [6.07, 6.45) is 0.757. The number of quaternary nitrogens is 1. The molecule has 0 unspecified atom stereocenters. The number of likely N-dealkylation sites (N-methyl/N-ethyl adjacent to an activating group) is 1. The van der Waals surface area contributed by atoms with E-state index in [9.17, 15) is 15.0 Å². The summed E-state index contributed by atoms with van der Waals surface area (Å²) < 4.78 is 8.35. The topological polar surface area (TPSA) is 66.8 Å². The van der Waals surface area contributed by atoms with E-state index in [1.165, 1.54) is 0 Å². The Hall–Kier alpha value is -0.970. The summed E-state index contributed by atoms with van der Waals surface area (Å²) in [4.78, 5) is 12.9. The molecule has 8 heteroatoms. The van der Waals surface area contributed by atoms with Gasteiger partial charge in [-0.1, -0.05) is 23.7 Å². The SMILES string of the molecule is CC[N+](CCO)(CCO)CCCOc1ccc2sc3ccccc3c(=O)c2c1Cl.[I-]. The molecule has 0 spiro atoms. The van der Waals surface area contributed by atoms with Crippen LogP contribution >= 0.6 is 22.9 Å². The fraction of sp³-hybridized carbons (Fsp3) is 0.409. The number of aliphatic hydroxyl groups is 2. The van der Waals surface area contributed by atoms with Crippen molar-refractivity contribution in [1.29, 1.82) is 0 Å². The molecule has 0 saturated heterocycles. The van der Waals surface area contributed by atoms with Gasteiger partial charge in [-0.15, -0.1) is 11.3 Å². The summed E-state index contributed by atoms with van der Waals surface area (Å²) in [5.74, 6) is 0.512. The summed E-state index contributed by atoms with van der Waals surface area (Å²) in [5.41, 5.74) is -0.0719. The minimum atomic E-state index is -0.0719. The number of rotatable bonds is 10. The fourth-order valence-corrected chi connectivity index (χ4v) is 5.21. The maximum absolute atomic E-state index is 12.9. The Labute approximate surface area is 202 Å². The van der Waals surface area contributed by atoms with Crippen LogP contribution in [0.5, 0.6) is 5.75 Å². The molecule has 5 nitrogen and oxygen atoms in total. The smallest absolute Gasteiger partial charge is 0.197 e. The van der Waals surface area contributed by atoms with E-state index in [2.05, 4.69) is 6.92 Å². The van der Waals surface area contributed by atoms with Gasteiger partial charge in [-0.05, 0) is 31.2 Å². The van der Waals surface area contributed by atoms with E-state index in [1.54, 1.807) is 11.3 Å². The predicted octanol–water partition coefficient (Wildman–Crippen LogP) is 0.662. The molecule has 0 aliphatic rings. The standard InChI is InChI=1S/C22H27ClNO4S.HI/c1-2-24(11-13-25,12-14-26)10-5-15-28-17-8-9-19-20(21(17)23)22(27)16-6-3-4-7-18(16)29-19;/h3-4,6-9,25-26H,2,5,10-15H2,1H3;1H/q+1;/p-1. The molecule has 3 rings (SSSR count). The third-order valence-electron chi connectivity index (χ3n) is 5.50.